The van der Waals surface area contributed by atoms with Crippen LogP contribution in [0.15, 0.2) is 60.8 Å². The highest BCUT2D eigenvalue weighted by Crippen LogP contribution is 2.42. The molecule has 2 amide bonds. The number of pyridine rings is 1. The molecule has 4 N–H and O–H groups in total. The molecule has 1 saturated carbocycles. The molecule has 2 heterocycles. The maximum absolute atomic E-state index is 13.1. The lowest BCUT2D eigenvalue weighted by Crippen LogP contribution is -2.35. The average Bonchev–Trinajstić information content (AvgIpc) is 3.67. The van der Waals surface area contributed by atoms with Gasteiger partial charge in [-0.15, -0.1) is 11.3 Å². The van der Waals surface area contributed by atoms with Crippen molar-refractivity contribution in [2.45, 2.75) is 43.6 Å². The van der Waals surface area contributed by atoms with Gasteiger partial charge in [0.2, 0.25) is 10.0 Å². The van der Waals surface area contributed by atoms with Crippen LogP contribution in [0, 0.1) is 0 Å². The molecule has 1 atom stereocenters. The van der Waals surface area contributed by atoms with Crippen LogP contribution in [0.3, 0.4) is 0 Å². The van der Waals surface area contributed by atoms with E-state index in [0.717, 1.165) is 15.6 Å². The number of imide groups is 1. The molecule has 1 aliphatic carbocycles. The van der Waals surface area contributed by atoms with Gasteiger partial charge < -0.3 is 15.3 Å². The summed E-state index contributed by atoms with van der Waals surface area (Å²) >= 11 is 7.85. The highest BCUT2D eigenvalue weighted by Gasteiger charge is 2.38. The minimum Gasteiger partial charge on any atom is -0.464 e. The van der Waals surface area contributed by atoms with Gasteiger partial charge in [-0.05, 0) is 79.6 Å². The number of hydrogen-bond acceptors (Lipinski definition) is 7. The standard InChI is InChI=1S/C28H26ClN3O7S2/c1-28(2,37)16-10-11-30-22(13-16)19-5-3-4-15-12-23(40-25(15)19)24(31-41(38,39)18-7-8-18)20-14-17(6-9-21(20)29)32(26(33)34)27(35)36/h3-6,9-14,18,24,31,37H,7-8H2,1-2H3,(H,33,34)(H,35,36). The number of carbonyl (C=O) groups is 2. The van der Waals surface area contributed by atoms with Crippen LogP contribution < -0.4 is 9.62 Å². The van der Waals surface area contributed by atoms with Crippen molar-refractivity contribution in [2.75, 3.05) is 4.90 Å². The van der Waals surface area contributed by atoms with Crippen molar-refractivity contribution >= 4 is 60.9 Å². The molecule has 1 aliphatic rings. The average molecular weight is 616 g/mol. The van der Waals surface area contributed by atoms with Crippen LogP contribution in [0.1, 0.15) is 48.7 Å². The molecule has 0 spiro atoms. The summed E-state index contributed by atoms with van der Waals surface area (Å²) in [6.45, 7) is 3.36. The second-order valence-electron chi connectivity index (χ2n) is 10.3. The first-order chi connectivity index (χ1) is 19.3. The normalized spacial score (nSPS) is 14.6. The van der Waals surface area contributed by atoms with Crippen LogP contribution in [-0.4, -0.2) is 46.2 Å². The van der Waals surface area contributed by atoms with Crippen molar-refractivity contribution in [1.82, 2.24) is 9.71 Å². The number of sulfonamides is 1. The van der Waals surface area contributed by atoms with Gasteiger partial charge in [0.05, 0.1) is 28.3 Å². The van der Waals surface area contributed by atoms with Crippen molar-refractivity contribution < 1.29 is 33.3 Å². The Morgan fingerprint density at radius 1 is 1.10 bits per heavy atom. The maximum atomic E-state index is 13.1. The number of aliphatic hydroxyl groups is 1. The number of aromatic nitrogens is 1. The molecule has 10 nitrogen and oxygen atoms in total. The van der Waals surface area contributed by atoms with Gasteiger partial charge in [0, 0.05) is 26.4 Å². The Hall–Kier alpha value is -3.55. The molecule has 13 heteroatoms. The van der Waals surface area contributed by atoms with E-state index in [4.69, 9.17) is 11.6 Å². The lowest BCUT2D eigenvalue weighted by molar-refractivity contribution is 0.0785. The molecule has 1 fully saturated rings. The van der Waals surface area contributed by atoms with E-state index >= 15 is 0 Å². The van der Waals surface area contributed by atoms with Gasteiger partial charge in [0.1, 0.15) is 0 Å². The molecular formula is C28H26ClN3O7S2. The Morgan fingerprint density at radius 2 is 1.80 bits per heavy atom. The van der Waals surface area contributed by atoms with Gasteiger partial charge in [0.25, 0.3) is 0 Å². The summed E-state index contributed by atoms with van der Waals surface area (Å²) in [7, 11) is -3.78. The number of carboxylic acid groups (broad SMARTS) is 2. The predicted octanol–water partition coefficient (Wildman–Crippen LogP) is 6.18. The van der Waals surface area contributed by atoms with Gasteiger partial charge in [0.15, 0.2) is 0 Å². The number of hydrogen-bond donors (Lipinski definition) is 4. The van der Waals surface area contributed by atoms with E-state index in [1.165, 1.54) is 29.5 Å². The lowest BCUT2D eigenvalue weighted by atomic mass is 9.97. The zero-order valence-electron chi connectivity index (χ0n) is 21.9. The molecule has 5 rings (SSSR count). The molecule has 41 heavy (non-hydrogen) atoms. The number of rotatable bonds is 8. The zero-order chi connectivity index (χ0) is 29.7. The minimum absolute atomic E-state index is 0.130. The maximum Gasteiger partial charge on any atom is 0.421 e. The van der Waals surface area contributed by atoms with Crippen LogP contribution in [0.2, 0.25) is 5.02 Å². The molecule has 0 saturated heterocycles. The Bertz CT molecular complexity index is 1770. The van der Waals surface area contributed by atoms with Crippen molar-refractivity contribution in [3.8, 4) is 11.3 Å². The highest BCUT2D eigenvalue weighted by molar-refractivity contribution is 7.90. The van der Waals surface area contributed by atoms with Gasteiger partial charge in [-0.2, -0.15) is 4.90 Å². The van der Waals surface area contributed by atoms with E-state index in [9.17, 15) is 33.3 Å². The number of nitrogens with zero attached hydrogens (tertiary/aromatic N) is 2. The summed E-state index contributed by atoms with van der Waals surface area (Å²) in [4.78, 5) is 28.5. The molecule has 0 radical (unpaired) electrons. The van der Waals surface area contributed by atoms with E-state index in [1.54, 1.807) is 32.2 Å². The molecule has 2 aromatic heterocycles. The van der Waals surface area contributed by atoms with Crippen molar-refractivity contribution in [3.05, 3.63) is 81.8 Å². The monoisotopic (exact) mass is 615 g/mol. The summed E-state index contributed by atoms with van der Waals surface area (Å²) in [5, 5.41) is 29.8. The third-order valence-corrected chi connectivity index (χ3v) is 10.3. The minimum atomic E-state index is -3.78. The van der Waals surface area contributed by atoms with E-state index < -0.39 is 39.1 Å². The van der Waals surface area contributed by atoms with Crippen LogP contribution in [0.25, 0.3) is 21.3 Å². The van der Waals surface area contributed by atoms with E-state index in [0.29, 0.717) is 29.0 Å². The Kier molecular flexibility index (Phi) is 7.55. The van der Waals surface area contributed by atoms with E-state index in [2.05, 4.69) is 9.71 Å². The first-order valence-corrected chi connectivity index (χ1v) is 15.3. The Balaban J connectivity index is 1.67. The quantitative estimate of drug-likeness (QED) is 0.183. The number of nitrogens with one attached hydrogen (secondary N) is 1. The van der Waals surface area contributed by atoms with Gasteiger partial charge in [-0.1, -0.05) is 29.8 Å². The van der Waals surface area contributed by atoms with Crippen LogP contribution in [0.4, 0.5) is 15.3 Å². The molecule has 2 aromatic carbocycles. The Morgan fingerprint density at radius 3 is 2.44 bits per heavy atom. The van der Waals surface area contributed by atoms with Gasteiger partial charge in [-0.3, -0.25) is 4.98 Å². The topological polar surface area (TPSA) is 157 Å². The summed E-state index contributed by atoms with van der Waals surface area (Å²) in [5.41, 5.74) is 0.996. The van der Waals surface area contributed by atoms with Gasteiger partial charge >= 0.3 is 12.2 Å². The SMILES string of the molecule is CC(C)(O)c1ccnc(-c2cccc3cc(C(NS(=O)(=O)C4CC4)c4cc(N(C(=O)O)C(=O)O)ccc4Cl)sc23)c1. The van der Waals surface area contributed by atoms with E-state index in [-0.39, 0.29) is 21.2 Å². The zero-order valence-corrected chi connectivity index (χ0v) is 24.3. The van der Waals surface area contributed by atoms with Crippen molar-refractivity contribution in [3.63, 3.8) is 0 Å². The summed E-state index contributed by atoms with van der Waals surface area (Å²) in [6.07, 6.45) is -0.783. The molecule has 4 aromatic rings. The first-order valence-electron chi connectivity index (χ1n) is 12.5. The Labute approximate surface area is 244 Å². The fourth-order valence-corrected chi connectivity index (χ4v) is 7.58. The number of thiophene rings is 1. The van der Waals surface area contributed by atoms with Gasteiger partial charge in [-0.25, -0.2) is 22.7 Å². The second kappa shape index (κ2) is 10.7. The number of halogens is 1. The molecule has 214 valence electrons. The van der Waals surface area contributed by atoms with Crippen LogP contribution >= 0.6 is 22.9 Å². The summed E-state index contributed by atoms with van der Waals surface area (Å²) in [6, 6.07) is 13.8. The second-order valence-corrected chi connectivity index (χ2v) is 13.7. The first kappa shape index (κ1) is 29.0. The van der Waals surface area contributed by atoms with Crippen LogP contribution in [0.5, 0.6) is 0 Å². The number of anilines is 1. The van der Waals surface area contributed by atoms with Crippen molar-refractivity contribution in [1.29, 1.82) is 0 Å². The molecular weight excluding hydrogens is 590 g/mol. The predicted molar refractivity (Wildman–Crippen MR) is 157 cm³/mol. The summed E-state index contributed by atoms with van der Waals surface area (Å²) in [5.74, 6) is 0. The number of fused-ring (bicyclic) bond motifs is 1. The third-order valence-electron chi connectivity index (χ3n) is 6.77. The largest absolute Gasteiger partial charge is 0.464 e. The molecule has 0 aliphatic heterocycles. The summed E-state index contributed by atoms with van der Waals surface area (Å²) < 4.78 is 29.8. The number of amides is 2. The highest BCUT2D eigenvalue weighted by atomic mass is 35.5. The number of benzene rings is 2. The molecule has 0 bridgehead atoms. The molecule has 1 unspecified atom stereocenters. The lowest BCUT2D eigenvalue weighted by Gasteiger charge is -2.22. The smallest absolute Gasteiger partial charge is 0.421 e. The van der Waals surface area contributed by atoms with Crippen molar-refractivity contribution in [2.24, 2.45) is 0 Å². The fraction of sp³-hybridized carbons (Fsp3) is 0.250. The van der Waals surface area contributed by atoms with Crippen LogP contribution in [-0.2, 0) is 15.6 Å². The fourth-order valence-electron chi connectivity index (χ4n) is 4.49. The third kappa shape index (κ3) is 5.92. The van der Waals surface area contributed by atoms with E-state index in [1.807, 2.05) is 24.3 Å².